The zero-order chi connectivity index (χ0) is 17.2. The maximum atomic E-state index is 11.8. The van der Waals surface area contributed by atoms with Crippen molar-refractivity contribution in [1.29, 1.82) is 0 Å². The molecule has 0 aliphatic heterocycles. The number of allylic oxidation sites excluding steroid dienone is 1. The number of aromatic nitrogens is 1. The molecule has 0 fully saturated rings. The van der Waals surface area contributed by atoms with Crippen LogP contribution in [-0.2, 0) is 11.2 Å². The predicted octanol–water partition coefficient (Wildman–Crippen LogP) is 5.80. The molecule has 128 valence electrons. The average molecular weight is 343 g/mol. The van der Waals surface area contributed by atoms with E-state index in [0.29, 0.717) is 5.75 Å². The van der Waals surface area contributed by atoms with Gasteiger partial charge in [-0.05, 0) is 43.5 Å². The third-order valence-corrected chi connectivity index (χ3v) is 4.70. The van der Waals surface area contributed by atoms with Crippen LogP contribution in [0.3, 0.4) is 0 Å². The van der Waals surface area contributed by atoms with E-state index in [2.05, 4.69) is 18.8 Å². The van der Waals surface area contributed by atoms with Crippen LogP contribution in [0.4, 0.5) is 0 Å². The number of esters is 1. The van der Waals surface area contributed by atoms with Gasteiger partial charge in [-0.25, -0.2) is 9.78 Å². The number of thiazole rings is 1. The Morgan fingerprint density at radius 2 is 1.96 bits per heavy atom. The molecule has 1 heterocycles. The number of ether oxygens (including phenoxy) is 1. The summed E-state index contributed by atoms with van der Waals surface area (Å²) in [5.74, 6) is 0.242. The highest BCUT2D eigenvalue weighted by atomic mass is 32.1. The standard InChI is InChI=1S/C20H25NO2S/c1-3-5-6-7-8-10-19(22)23-17-13-11-16(12-14-17)20-21-15-18(24-20)9-4-2/h8,10-15H,3-7,9H2,1-2H3/b10-8+. The van der Waals surface area contributed by atoms with Crippen molar-refractivity contribution in [2.75, 3.05) is 0 Å². The molecule has 0 atom stereocenters. The lowest BCUT2D eigenvalue weighted by Gasteiger charge is -2.02. The van der Waals surface area contributed by atoms with Crippen molar-refractivity contribution in [3.8, 4) is 16.3 Å². The highest BCUT2D eigenvalue weighted by Gasteiger charge is 2.06. The Kier molecular flexibility index (Phi) is 7.69. The van der Waals surface area contributed by atoms with Crippen molar-refractivity contribution in [2.45, 2.75) is 52.4 Å². The largest absolute Gasteiger partial charge is 0.423 e. The third-order valence-electron chi connectivity index (χ3n) is 3.60. The normalized spacial score (nSPS) is 11.1. The van der Waals surface area contributed by atoms with Crippen LogP contribution in [0, 0.1) is 0 Å². The van der Waals surface area contributed by atoms with Gasteiger partial charge in [0.25, 0.3) is 0 Å². The van der Waals surface area contributed by atoms with Crippen molar-refractivity contribution < 1.29 is 9.53 Å². The number of rotatable bonds is 9. The Labute approximate surface area is 148 Å². The number of carbonyl (C=O) groups is 1. The lowest BCUT2D eigenvalue weighted by Crippen LogP contribution is -2.03. The van der Waals surface area contributed by atoms with Gasteiger partial charge in [-0.2, -0.15) is 0 Å². The van der Waals surface area contributed by atoms with E-state index in [-0.39, 0.29) is 5.97 Å². The summed E-state index contributed by atoms with van der Waals surface area (Å²) in [6, 6.07) is 7.53. The number of nitrogens with zero attached hydrogens (tertiary/aromatic N) is 1. The summed E-state index contributed by atoms with van der Waals surface area (Å²) < 4.78 is 5.31. The Hall–Kier alpha value is -1.94. The summed E-state index contributed by atoms with van der Waals surface area (Å²) in [5, 5.41) is 1.01. The van der Waals surface area contributed by atoms with Crippen molar-refractivity contribution in [1.82, 2.24) is 4.98 Å². The van der Waals surface area contributed by atoms with E-state index in [0.717, 1.165) is 36.3 Å². The number of hydrogen-bond donors (Lipinski definition) is 0. The molecule has 0 aliphatic rings. The topological polar surface area (TPSA) is 39.2 Å². The molecular formula is C20H25NO2S. The van der Waals surface area contributed by atoms with E-state index in [1.165, 1.54) is 23.8 Å². The van der Waals surface area contributed by atoms with Gasteiger partial charge in [0.05, 0.1) is 0 Å². The number of benzene rings is 1. The summed E-state index contributed by atoms with van der Waals surface area (Å²) in [5.41, 5.74) is 1.05. The van der Waals surface area contributed by atoms with E-state index in [1.807, 2.05) is 36.5 Å². The first kappa shape index (κ1) is 18.4. The fourth-order valence-electron chi connectivity index (χ4n) is 2.31. The van der Waals surface area contributed by atoms with E-state index < -0.39 is 0 Å². The minimum absolute atomic E-state index is 0.321. The van der Waals surface area contributed by atoms with Gasteiger partial charge in [0.1, 0.15) is 10.8 Å². The van der Waals surface area contributed by atoms with Crippen molar-refractivity contribution >= 4 is 17.3 Å². The smallest absolute Gasteiger partial charge is 0.335 e. The summed E-state index contributed by atoms with van der Waals surface area (Å²) in [6.07, 6.45) is 12.0. The van der Waals surface area contributed by atoms with E-state index in [1.54, 1.807) is 11.3 Å². The van der Waals surface area contributed by atoms with E-state index in [9.17, 15) is 4.79 Å². The van der Waals surface area contributed by atoms with Gasteiger partial charge < -0.3 is 4.74 Å². The molecule has 0 bridgehead atoms. The highest BCUT2D eigenvalue weighted by Crippen LogP contribution is 2.27. The Morgan fingerprint density at radius 3 is 2.67 bits per heavy atom. The molecule has 1 aromatic carbocycles. The van der Waals surface area contributed by atoms with Gasteiger partial charge in [-0.1, -0.05) is 39.2 Å². The van der Waals surface area contributed by atoms with Gasteiger partial charge in [0.15, 0.2) is 0 Å². The van der Waals surface area contributed by atoms with E-state index in [4.69, 9.17) is 4.74 Å². The molecule has 2 aromatic rings. The Morgan fingerprint density at radius 1 is 1.17 bits per heavy atom. The van der Waals surface area contributed by atoms with Gasteiger partial charge in [0, 0.05) is 22.7 Å². The molecule has 4 heteroatoms. The molecule has 2 rings (SSSR count). The summed E-state index contributed by atoms with van der Waals surface area (Å²) >= 11 is 1.72. The molecule has 0 radical (unpaired) electrons. The second-order valence-corrected chi connectivity index (χ2v) is 6.84. The minimum atomic E-state index is -0.321. The van der Waals surface area contributed by atoms with Gasteiger partial charge in [0.2, 0.25) is 0 Å². The SMILES string of the molecule is CCCCC/C=C/C(=O)Oc1ccc(-c2ncc(CCC)s2)cc1. The number of carbonyl (C=O) groups excluding carboxylic acids is 1. The molecule has 3 nitrogen and oxygen atoms in total. The maximum absolute atomic E-state index is 11.8. The Balaban J connectivity index is 1.88. The second-order valence-electron chi connectivity index (χ2n) is 5.73. The van der Waals surface area contributed by atoms with Gasteiger partial charge in [-0.15, -0.1) is 11.3 Å². The predicted molar refractivity (Wildman–Crippen MR) is 100 cm³/mol. The first-order chi connectivity index (χ1) is 11.7. The van der Waals surface area contributed by atoms with Crippen LogP contribution in [0.15, 0.2) is 42.6 Å². The highest BCUT2D eigenvalue weighted by molar-refractivity contribution is 7.15. The van der Waals surface area contributed by atoms with Crippen molar-refractivity contribution in [3.63, 3.8) is 0 Å². The molecular weight excluding hydrogens is 318 g/mol. The van der Waals surface area contributed by atoms with Crippen LogP contribution in [0.2, 0.25) is 0 Å². The fraction of sp³-hybridized carbons (Fsp3) is 0.400. The van der Waals surface area contributed by atoms with Crippen LogP contribution < -0.4 is 4.74 Å². The third kappa shape index (κ3) is 5.93. The molecule has 0 aliphatic carbocycles. The van der Waals surface area contributed by atoms with Gasteiger partial charge >= 0.3 is 5.97 Å². The monoisotopic (exact) mass is 343 g/mol. The quantitative estimate of drug-likeness (QED) is 0.250. The zero-order valence-electron chi connectivity index (χ0n) is 14.5. The van der Waals surface area contributed by atoms with Crippen LogP contribution >= 0.6 is 11.3 Å². The molecule has 0 N–H and O–H groups in total. The molecule has 0 saturated carbocycles. The molecule has 0 saturated heterocycles. The first-order valence-electron chi connectivity index (χ1n) is 8.66. The molecule has 1 aromatic heterocycles. The second kappa shape index (κ2) is 10.0. The van der Waals surface area contributed by atoms with Crippen molar-refractivity contribution in [2.24, 2.45) is 0 Å². The minimum Gasteiger partial charge on any atom is -0.423 e. The molecule has 0 spiro atoms. The summed E-state index contributed by atoms with van der Waals surface area (Å²) in [6.45, 7) is 4.33. The van der Waals surface area contributed by atoms with Crippen molar-refractivity contribution in [3.05, 3.63) is 47.5 Å². The number of hydrogen-bond acceptors (Lipinski definition) is 4. The van der Waals surface area contributed by atoms with Crippen LogP contribution in [0.1, 0.15) is 50.8 Å². The molecule has 0 unspecified atom stereocenters. The lowest BCUT2D eigenvalue weighted by molar-refractivity contribution is -0.129. The first-order valence-corrected chi connectivity index (χ1v) is 9.48. The van der Waals surface area contributed by atoms with Crippen LogP contribution in [0.5, 0.6) is 5.75 Å². The molecule has 24 heavy (non-hydrogen) atoms. The molecule has 0 amide bonds. The average Bonchev–Trinajstić information content (AvgIpc) is 3.04. The maximum Gasteiger partial charge on any atom is 0.335 e. The Bertz CT molecular complexity index is 659. The van der Waals surface area contributed by atoms with Gasteiger partial charge in [-0.3, -0.25) is 0 Å². The number of aryl methyl sites for hydroxylation is 1. The summed E-state index contributed by atoms with van der Waals surface area (Å²) in [4.78, 5) is 17.5. The lowest BCUT2D eigenvalue weighted by atomic mass is 10.2. The van der Waals surface area contributed by atoms with Crippen LogP contribution in [-0.4, -0.2) is 11.0 Å². The summed E-state index contributed by atoms with van der Waals surface area (Å²) in [7, 11) is 0. The van der Waals surface area contributed by atoms with E-state index >= 15 is 0 Å². The fourth-order valence-corrected chi connectivity index (χ4v) is 3.33. The number of unbranched alkanes of at least 4 members (excludes halogenated alkanes) is 3. The van der Waals surface area contributed by atoms with Crippen LogP contribution in [0.25, 0.3) is 10.6 Å². The zero-order valence-corrected chi connectivity index (χ0v) is 15.3.